The molecular formula is C14H20N2O3. The third-order valence-corrected chi connectivity index (χ3v) is 3.19. The van der Waals surface area contributed by atoms with Gasteiger partial charge in [0.25, 0.3) is 5.91 Å². The zero-order valence-electron chi connectivity index (χ0n) is 11.1. The van der Waals surface area contributed by atoms with E-state index in [1.165, 1.54) is 0 Å². The summed E-state index contributed by atoms with van der Waals surface area (Å²) in [5, 5.41) is 2.94. The van der Waals surface area contributed by atoms with Gasteiger partial charge >= 0.3 is 0 Å². The molecule has 0 spiro atoms. The van der Waals surface area contributed by atoms with Gasteiger partial charge in [-0.3, -0.25) is 4.79 Å². The molecule has 1 unspecified atom stereocenters. The molecule has 3 N–H and O–H groups in total. The van der Waals surface area contributed by atoms with Crippen molar-refractivity contribution in [2.45, 2.75) is 25.4 Å². The predicted octanol–water partition coefficient (Wildman–Crippen LogP) is 0.819. The topological polar surface area (TPSA) is 73.6 Å². The number of ether oxygens (including phenoxy) is 2. The molecule has 0 bridgehead atoms. The molecular weight excluding hydrogens is 244 g/mol. The standard InChI is InChI=1S/C14H20N2O3/c1-14(6-7-18-10-14)16-13(17)9-19-12-4-2-11(8-15)3-5-12/h2-5H,6-10,15H2,1H3,(H,16,17). The fraction of sp³-hybridized carbons (Fsp3) is 0.500. The zero-order chi connectivity index (χ0) is 13.7. The molecule has 19 heavy (non-hydrogen) atoms. The Kier molecular flexibility index (Phi) is 4.39. The first kappa shape index (κ1) is 13.8. The van der Waals surface area contributed by atoms with Gasteiger partial charge in [-0.25, -0.2) is 0 Å². The van der Waals surface area contributed by atoms with Gasteiger partial charge in [0.15, 0.2) is 6.61 Å². The summed E-state index contributed by atoms with van der Waals surface area (Å²) in [6, 6.07) is 7.41. The van der Waals surface area contributed by atoms with Gasteiger partial charge in [-0.15, -0.1) is 0 Å². The minimum absolute atomic E-state index is 0.0115. The van der Waals surface area contributed by atoms with E-state index in [2.05, 4.69) is 5.32 Å². The van der Waals surface area contributed by atoms with Gasteiger partial charge in [0, 0.05) is 13.2 Å². The van der Waals surface area contributed by atoms with Crippen molar-refractivity contribution in [2.75, 3.05) is 19.8 Å². The average Bonchev–Trinajstić information content (AvgIpc) is 2.83. The zero-order valence-corrected chi connectivity index (χ0v) is 11.1. The Hall–Kier alpha value is -1.59. The molecule has 1 aliphatic rings. The lowest BCUT2D eigenvalue weighted by atomic mass is 10.0. The van der Waals surface area contributed by atoms with Crippen LogP contribution in [0, 0.1) is 0 Å². The van der Waals surface area contributed by atoms with Crippen LogP contribution in [0.5, 0.6) is 5.75 Å². The van der Waals surface area contributed by atoms with E-state index in [1.807, 2.05) is 31.2 Å². The van der Waals surface area contributed by atoms with Crippen LogP contribution in [0.4, 0.5) is 0 Å². The second-order valence-electron chi connectivity index (χ2n) is 5.05. The Labute approximate surface area is 113 Å². The highest BCUT2D eigenvalue weighted by molar-refractivity contribution is 5.78. The first-order chi connectivity index (χ1) is 9.11. The lowest BCUT2D eigenvalue weighted by molar-refractivity contribution is -0.124. The number of nitrogens with one attached hydrogen (secondary N) is 1. The van der Waals surface area contributed by atoms with Crippen molar-refractivity contribution >= 4 is 5.91 Å². The quantitative estimate of drug-likeness (QED) is 0.825. The third kappa shape index (κ3) is 3.94. The van der Waals surface area contributed by atoms with Gasteiger partial charge < -0.3 is 20.5 Å². The predicted molar refractivity (Wildman–Crippen MR) is 71.8 cm³/mol. The molecule has 2 rings (SSSR count). The molecule has 104 valence electrons. The number of hydrogen-bond donors (Lipinski definition) is 2. The summed E-state index contributed by atoms with van der Waals surface area (Å²) in [7, 11) is 0. The molecule has 0 aromatic heterocycles. The van der Waals surface area contributed by atoms with Crippen LogP contribution in [0.2, 0.25) is 0 Å². The highest BCUT2D eigenvalue weighted by Gasteiger charge is 2.31. The van der Waals surface area contributed by atoms with Crippen LogP contribution in [0.1, 0.15) is 18.9 Å². The summed E-state index contributed by atoms with van der Waals surface area (Å²) in [6.07, 6.45) is 0.837. The van der Waals surface area contributed by atoms with Gasteiger partial charge in [0.05, 0.1) is 12.1 Å². The lowest BCUT2D eigenvalue weighted by Crippen LogP contribution is -2.48. The molecule has 0 saturated carbocycles. The number of carbonyl (C=O) groups is 1. The molecule has 1 aromatic rings. The molecule has 5 nitrogen and oxygen atoms in total. The van der Waals surface area contributed by atoms with Crippen molar-refractivity contribution in [1.82, 2.24) is 5.32 Å². The average molecular weight is 264 g/mol. The minimum atomic E-state index is -0.260. The summed E-state index contributed by atoms with van der Waals surface area (Å²) in [4.78, 5) is 11.8. The Morgan fingerprint density at radius 2 is 2.21 bits per heavy atom. The van der Waals surface area contributed by atoms with Crippen LogP contribution in [-0.4, -0.2) is 31.3 Å². The van der Waals surface area contributed by atoms with Crippen LogP contribution in [0.3, 0.4) is 0 Å². The maximum absolute atomic E-state index is 11.8. The highest BCUT2D eigenvalue weighted by atomic mass is 16.5. The molecule has 1 amide bonds. The van der Waals surface area contributed by atoms with Gasteiger partial charge in [-0.1, -0.05) is 12.1 Å². The number of hydrogen-bond acceptors (Lipinski definition) is 4. The van der Waals surface area contributed by atoms with Crippen molar-refractivity contribution < 1.29 is 14.3 Å². The van der Waals surface area contributed by atoms with Crippen molar-refractivity contribution in [3.63, 3.8) is 0 Å². The number of nitrogens with two attached hydrogens (primary N) is 1. The van der Waals surface area contributed by atoms with Crippen molar-refractivity contribution in [2.24, 2.45) is 5.73 Å². The first-order valence-electron chi connectivity index (χ1n) is 6.42. The summed E-state index contributed by atoms with van der Waals surface area (Å²) in [5.74, 6) is 0.538. The molecule has 1 atom stereocenters. The number of carbonyl (C=O) groups excluding carboxylic acids is 1. The maximum Gasteiger partial charge on any atom is 0.258 e. The molecule has 1 fully saturated rings. The normalized spacial score (nSPS) is 22.2. The molecule has 1 aliphatic heterocycles. The summed E-state index contributed by atoms with van der Waals surface area (Å²) >= 11 is 0. The number of rotatable bonds is 5. The van der Waals surface area contributed by atoms with E-state index in [0.717, 1.165) is 12.0 Å². The van der Waals surface area contributed by atoms with Gasteiger partial charge in [-0.05, 0) is 31.0 Å². The SMILES string of the molecule is CC1(NC(=O)COc2ccc(CN)cc2)CCOC1. The van der Waals surface area contributed by atoms with Crippen LogP contribution >= 0.6 is 0 Å². The Morgan fingerprint density at radius 1 is 1.47 bits per heavy atom. The second kappa shape index (κ2) is 6.04. The van der Waals surface area contributed by atoms with E-state index >= 15 is 0 Å². The number of benzene rings is 1. The summed E-state index contributed by atoms with van der Waals surface area (Å²) < 4.78 is 10.7. The monoisotopic (exact) mass is 264 g/mol. The van der Waals surface area contributed by atoms with Crippen LogP contribution in [-0.2, 0) is 16.1 Å². The van der Waals surface area contributed by atoms with Crippen LogP contribution < -0.4 is 15.8 Å². The van der Waals surface area contributed by atoms with Crippen molar-refractivity contribution in [1.29, 1.82) is 0 Å². The third-order valence-electron chi connectivity index (χ3n) is 3.19. The van der Waals surface area contributed by atoms with Crippen molar-refractivity contribution in [3.05, 3.63) is 29.8 Å². The largest absolute Gasteiger partial charge is 0.484 e. The van der Waals surface area contributed by atoms with E-state index in [-0.39, 0.29) is 18.1 Å². The number of amides is 1. The fourth-order valence-electron chi connectivity index (χ4n) is 2.01. The van der Waals surface area contributed by atoms with E-state index in [0.29, 0.717) is 25.5 Å². The molecule has 1 saturated heterocycles. The molecule has 5 heteroatoms. The van der Waals surface area contributed by atoms with Crippen LogP contribution in [0.25, 0.3) is 0 Å². The maximum atomic E-state index is 11.8. The Bertz CT molecular complexity index is 425. The van der Waals surface area contributed by atoms with Crippen LogP contribution in [0.15, 0.2) is 24.3 Å². The molecule has 0 radical (unpaired) electrons. The smallest absolute Gasteiger partial charge is 0.258 e. The van der Waals surface area contributed by atoms with E-state index < -0.39 is 0 Å². The highest BCUT2D eigenvalue weighted by Crippen LogP contribution is 2.17. The molecule has 0 aliphatic carbocycles. The lowest BCUT2D eigenvalue weighted by Gasteiger charge is -2.23. The molecule has 1 heterocycles. The van der Waals surface area contributed by atoms with Gasteiger partial charge in [-0.2, -0.15) is 0 Å². The van der Waals surface area contributed by atoms with E-state index in [4.69, 9.17) is 15.2 Å². The van der Waals surface area contributed by atoms with E-state index in [9.17, 15) is 4.79 Å². The van der Waals surface area contributed by atoms with Crippen molar-refractivity contribution in [3.8, 4) is 5.75 Å². The van der Waals surface area contributed by atoms with E-state index in [1.54, 1.807) is 0 Å². The first-order valence-corrected chi connectivity index (χ1v) is 6.42. The van der Waals surface area contributed by atoms with Gasteiger partial charge in [0.1, 0.15) is 5.75 Å². The second-order valence-corrected chi connectivity index (χ2v) is 5.05. The Morgan fingerprint density at radius 3 is 2.79 bits per heavy atom. The summed E-state index contributed by atoms with van der Waals surface area (Å²) in [6.45, 7) is 3.74. The Balaban J connectivity index is 1.79. The fourth-order valence-corrected chi connectivity index (χ4v) is 2.01. The minimum Gasteiger partial charge on any atom is -0.484 e. The summed E-state index contributed by atoms with van der Waals surface area (Å²) in [5.41, 5.74) is 6.29. The molecule has 1 aromatic carbocycles. The van der Waals surface area contributed by atoms with Gasteiger partial charge in [0.2, 0.25) is 0 Å².